The number of aryl methyl sites for hydroxylation is 1. The minimum atomic E-state index is 0.227. The number of rotatable bonds is 7. The van der Waals surface area contributed by atoms with Crippen molar-refractivity contribution in [3.63, 3.8) is 0 Å². The molecule has 21 heavy (non-hydrogen) atoms. The molecule has 0 aliphatic carbocycles. The quantitative estimate of drug-likeness (QED) is 0.729. The number of benzene rings is 2. The molecule has 0 atom stereocenters. The van der Waals surface area contributed by atoms with Crippen LogP contribution in [0.5, 0.6) is 17.2 Å². The smallest absolute Gasteiger partial charge is 0.172 e. The molecule has 0 saturated carbocycles. The van der Waals surface area contributed by atoms with E-state index in [1.54, 1.807) is 6.07 Å². The van der Waals surface area contributed by atoms with Crippen molar-refractivity contribution in [3.05, 3.63) is 53.6 Å². The first-order chi connectivity index (χ1) is 10.3. The minimum absolute atomic E-state index is 0.227. The van der Waals surface area contributed by atoms with Crippen molar-refractivity contribution in [1.82, 2.24) is 0 Å². The molecule has 0 fully saturated rings. The van der Waals surface area contributed by atoms with Crippen molar-refractivity contribution in [2.45, 2.75) is 46.0 Å². The Bertz CT molecular complexity index is 561. The van der Waals surface area contributed by atoms with Crippen LogP contribution in [-0.4, -0.2) is 5.11 Å². The summed E-state index contributed by atoms with van der Waals surface area (Å²) < 4.78 is 5.97. The fourth-order valence-corrected chi connectivity index (χ4v) is 2.51. The lowest BCUT2D eigenvalue weighted by atomic mass is 9.97. The number of hydrogen-bond acceptors (Lipinski definition) is 2. The Labute approximate surface area is 127 Å². The summed E-state index contributed by atoms with van der Waals surface area (Å²) in [5.74, 6) is 1.62. The van der Waals surface area contributed by atoms with Crippen molar-refractivity contribution in [1.29, 1.82) is 0 Å². The first-order valence-corrected chi connectivity index (χ1v) is 7.82. The van der Waals surface area contributed by atoms with Crippen LogP contribution in [0, 0.1) is 0 Å². The zero-order valence-corrected chi connectivity index (χ0v) is 12.9. The summed E-state index contributed by atoms with van der Waals surface area (Å²) in [6.07, 6.45) is 5.29. The molecule has 0 heterocycles. The molecule has 0 radical (unpaired) electrons. The average molecular weight is 284 g/mol. The van der Waals surface area contributed by atoms with E-state index in [2.05, 4.69) is 13.8 Å². The molecule has 0 amide bonds. The second-order valence-electron chi connectivity index (χ2n) is 5.32. The Morgan fingerprint density at radius 1 is 0.905 bits per heavy atom. The van der Waals surface area contributed by atoms with Crippen LogP contribution >= 0.6 is 0 Å². The maximum absolute atomic E-state index is 10.2. The van der Waals surface area contributed by atoms with Crippen LogP contribution < -0.4 is 4.74 Å². The standard InChI is InChI=1S/C19H24O2/c1-3-5-12-17-15(9-4-2)13-14-18(20)19(17)21-16-10-7-6-8-11-16/h6-8,10-11,13-14,20H,3-5,9,12H2,1-2H3. The molecular weight excluding hydrogens is 260 g/mol. The molecule has 0 unspecified atom stereocenters. The van der Waals surface area contributed by atoms with E-state index in [1.165, 1.54) is 5.56 Å². The molecule has 0 spiro atoms. The molecule has 2 rings (SSSR count). The largest absolute Gasteiger partial charge is 0.504 e. The van der Waals surface area contributed by atoms with Gasteiger partial charge in [-0.2, -0.15) is 0 Å². The Balaban J connectivity index is 2.38. The fraction of sp³-hybridized carbons (Fsp3) is 0.368. The van der Waals surface area contributed by atoms with E-state index in [1.807, 2.05) is 36.4 Å². The summed E-state index contributed by atoms with van der Waals surface area (Å²) in [5, 5.41) is 10.2. The van der Waals surface area contributed by atoms with E-state index in [9.17, 15) is 5.11 Å². The molecule has 0 bridgehead atoms. The second kappa shape index (κ2) is 7.72. The van der Waals surface area contributed by atoms with Gasteiger partial charge in [0.2, 0.25) is 0 Å². The maximum atomic E-state index is 10.2. The van der Waals surface area contributed by atoms with Gasteiger partial charge in [-0.3, -0.25) is 0 Å². The van der Waals surface area contributed by atoms with Gasteiger partial charge in [0.1, 0.15) is 5.75 Å². The van der Waals surface area contributed by atoms with Crippen molar-refractivity contribution in [2.24, 2.45) is 0 Å². The summed E-state index contributed by atoms with van der Waals surface area (Å²) in [5.41, 5.74) is 2.44. The number of ether oxygens (including phenoxy) is 1. The van der Waals surface area contributed by atoms with Gasteiger partial charge in [-0.15, -0.1) is 0 Å². The van der Waals surface area contributed by atoms with Crippen LogP contribution in [-0.2, 0) is 12.8 Å². The Morgan fingerprint density at radius 2 is 1.67 bits per heavy atom. The normalized spacial score (nSPS) is 10.6. The molecule has 0 aliphatic heterocycles. The van der Waals surface area contributed by atoms with Crippen LogP contribution in [0.2, 0.25) is 0 Å². The van der Waals surface area contributed by atoms with Crippen LogP contribution in [0.1, 0.15) is 44.2 Å². The van der Waals surface area contributed by atoms with E-state index >= 15 is 0 Å². The molecule has 0 aromatic heterocycles. The van der Waals surface area contributed by atoms with E-state index in [-0.39, 0.29) is 5.75 Å². The predicted octanol–water partition coefficient (Wildman–Crippen LogP) is 5.48. The van der Waals surface area contributed by atoms with E-state index < -0.39 is 0 Å². The van der Waals surface area contributed by atoms with Gasteiger partial charge in [0, 0.05) is 5.56 Å². The number of aromatic hydroxyl groups is 1. The Kier molecular flexibility index (Phi) is 5.68. The monoisotopic (exact) mass is 284 g/mol. The third kappa shape index (κ3) is 4.01. The molecule has 2 heteroatoms. The summed E-state index contributed by atoms with van der Waals surface area (Å²) in [4.78, 5) is 0. The highest BCUT2D eigenvalue weighted by Crippen LogP contribution is 2.37. The topological polar surface area (TPSA) is 29.5 Å². The van der Waals surface area contributed by atoms with E-state index in [0.717, 1.165) is 43.4 Å². The lowest BCUT2D eigenvalue weighted by Crippen LogP contribution is -1.99. The zero-order chi connectivity index (χ0) is 15.1. The third-order valence-electron chi connectivity index (χ3n) is 3.60. The average Bonchev–Trinajstić information content (AvgIpc) is 2.51. The van der Waals surface area contributed by atoms with E-state index in [4.69, 9.17) is 4.74 Å². The van der Waals surface area contributed by atoms with Crippen molar-refractivity contribution >= 4 is 0 Å². The highest BCUT2D eigenvalue weighted by atomic mass is 16.5. The molecule has 1 N–H and O–H groups in total. The first kappa shape index (κ1) is 15.4. The molecule has 2 nitrogen and oxygen atoms in total. The van der Waals surface area contributed by atoms with Gasteiger partial charge in [0.25, 0.3) is 0 Å². The van der Waals surface area contributed by atoms with Crippen molar-refractivity contribution in [2.75, 3.05) is 0 Å². The van der Waals surface area contributed by atoms with Crippen LogP contribution in [0.15, 0.2) is 42.5 Å². The number of phenols is 1. The highest BCUT2D eigenvalue weighted by molar-refractivity contribution is 5.52. The molecule has 2 aromatic carbocycles. The number of para-hydroxylation sites is 1. The lowest BCUT2D eigenvalue weighted by molar-refractivity contribution is 0.406. The Morgan fingerprint density at radius 3 is 2.33 bits per heavy atom. The minimum Gasteiger partial charge on any atom is -0.504 e. The van der Waals surface area contributed by atoms with Crippen LogP contribution in [0.4, 0.5) is 0 Å². The van der Waals surface area contributed by atoms with Gasteiger partial charge < -0.3 is 9.84 Å². The van der Waals surface area contributed by atoms with Gasteiger partial charge in [-0.25, -0.2) is 0 Å². The molecule has 2 aromatic rings. The van der Waals surface area contributed by atoms with Crippen molar-refractivity contribution in [3.8, 4) is 17.2 Å². The van der Waals surface area contributed by atoms with E-state index in [0.29, 0.717) is 5.75 Å². The molecule has 0 saturated heterocycles. The van der Waals surface area contributed by atoms with Gasteiger partial charge in [-0.1, -0.05) is 51.0 Å². The van der Waals surface area contributed by atoms with Crippen molar-refractivity contribution < 1.29 is 9.84 Å². The predicted molar refractivity (Wildman–Crippen MR) is 87.2 cm³/mol. The highest BCUT2D eigenvalue weighted by Gasteiger charge is 2.14. The van der Waals surface area contributed by atoms with Gasteiger partial charge >= 0.3 is 0 Å². The van der Waals surface area contributed by atoms with Gasteiger partial charge in [0.05, 0.1) is 0 Å². The number of hydrogen-bond donors (Lipinski definition) is 1. The molecular formula is C19H24O2. The third-order valence-corrected chi connectivity index (χ3v) is 3.60. The molecule has 0 aliphatic rings. The summed E-state index contributed by atoms with van der Waals surface area (Å²) in [6, 6.07) is 13.4. The van der Waals surface area contributed by atoms with Crippen LogP contribution in [0.25, 0.3) is 0 Å². The fourth-order valence-electron chi connectivity index (χ4n) is 2.51. The number of unbranched alkanes of at least 4 members (excludes halogenated alkanes) is 1. The SMILES string of the molecule is CCCCc1c(CCC)ccc(O)c1Oc1ccccc1. The first-order valence-electron chi connectivity index (χ1n) is 7.82. The van der Waals surface area contributed by atoms with Crippen LogP contribution in [0.3, 0.4) is 0 Å². The summed E-state index contributed by atoms with van der Waals surface area (Å²) in [6.45, 7) is 4.36. The number of phenolic OH excluding ortho intramolecular Hbond substituents is 1. The maximum Gasteiger partial charge on any atom is 0.172 e. The van der Waals surface area contributed by atoms with Gasteiger partial charge in [0.15, 0.2) is 11.5 Å². The summed E-state index contributed by atoms with van der Waals surface area (Å²) in [7, 11) is 0. The Hall–Kier alpha value is -1.96. The zero-order valence-electron chi connectivity index (χ0n) is 12.9. The second-order valence-corrected chi connectivity index (χ2v) is 5.32. The molecule has 112 valence electrons. The summed E-state index contributed by atoms with van der Waals surface area (Å²) >= 11 is 0. The van der Waals surface area contributed by atoms with Gasteiger partial charge in [-0.05, 0) is 43.0 Å². The lowest BCUT2D eigenvalue weighted by Gasteiger charge is -2.16.